The number of allylic oxidation sites excluding steroid dienone is 2. The first kappa shape index (κ1) is 25.2. The Balaban J connectivity index is 1.26. The van der Waals surface area contributed by atoms with Gasteiger partial charge in [-0.25, -0.2) is 0 Å². The molecule has 2 unspecified atom stereocenters. The SMILES string of the molecule is C=C(COC=CC)N1CCC(C2CC(=O)N(c3cccc(C4=CC(C)c5cccc(ON)c54)c3)C2)CC1. The predicted octanol–water partition coefficient (Wildman–Crippen LogP) is 5.62. The molecule has 2 heterocycles. The van der Waals surface area contributed by atoms with Gasteiger partial charge in [0.2, 0.25) is 5.91 Å². The summed E-state index contributed by atoms with van der Waals surface area (Å²) in [7, 11) is 0. The lowest BCUT2D eigenvalue weighted by Gasteiger charge is -2.36. The van der Waals surface area contributed by atoms with Gasteiger partial charge in [-0.2, -0.15) is 5.90 Å². The van der Waals surface area contributed by atoms with E-state index in [2.05, 4.69) is 42.7 Å². The highest BCUT2D eigenvalue weighted by atomic mass is 16.6. The highest BCUT2D eigenvalue weighted by Crippen LogP contribution is 2.45. The minimum Gasteiger partial charge on any atom is -0.495 e. The number of carbonyl (C=O) groups is 1. The molecule has 2 N–H and O–H groups in total. The van der Waals surface area contributed by atoms with Crippen LogP contribution in [0.4, 0.5) is 5.69 Å². The second-order valence-electron chi connectivity index (χ2n) is 10.4. The Bertz CT molecular complexity index is 1230. The van der Waals surface area contributed by atoms with Crippen molar-refractivity contribution < 1.29 is 14.4 Å². The number of rotatable bonds is 8. The van der Waals surface area contributed by atoms with Crippen molar-refractivity contribution in [3.63, 3.8) is 0 Å². The third-order valence-corrected chi connectivity index (χ3v) is 8.12. The molecule has 0 spiro atoms. The van der Waals surface area contributed by atoms with Crippen LogP contribution in [0, 0.1) is 11.8 Å². The third kappa shape index (κ3) is 5.03. The van der Waals surface area contributed by atoms with E-state index in [0.717, 1.165) is 60.6 Å². The van der Waals surface area contributed by atoms with Crippen LogP contribution in [0.3, 0.4) is 0 Å². The number of nitrogens with zero attached hydrogens (tertiary/aromatic N) is 2. The van der Waals surface area contributed by atoms with Gasteiger partial charge >= 0.3 is 0 Å². The smallest absolute Gasteiger partial charge is 0.227 e. The first-order chi connectivity index (χ1) is 18.0. The van der Waals surface area contributed by atoms with E-state index >= 15 is 0 Å². The van der Waals surface area contributed by atoms with Crippen molar-refractivity contribution in [1.82, 2.24) is 4.90 Å². The molecule has 2 fully saturated rings. The van der Waals surface area contributed by atoms with Gasteiger partial charge in [0.05, 0.1) is 6.26 Å². The zero-order valence-electron chi connectivity index (χ0n) is 21.9. The highest BCUT2D eigenvalue weighted by molar-refractivity contribution is 5.97. The Kier molecular flexibility index (Phi) is 7.38. The lowest BCUT2D eigenvalue weighted by molar-refractivity contribution is -0.117. The molecule has 2 aromatic rings. The molecular formula is C31H37N3O3. The van der Waals surface area contributed by atoms with Crippen LogP contribution < -0.4 is 15.6 Å². The van der Waals surface area contributed by atoms with Gasteiger partial charge < -0.3 is 19.4 Å². The van der Waals surface area contributed by atoms with Crippen molar-refractivity contribution in [1.29, 1.82) is 0 Å². The van der Waals surface area contributed by atoms with Crippen molar-refractivity contribution in [3.8, 4) is 5.75 Å². The van der Waals surface area contributed by atoms with Gasteiger partial charge in [0, 0.05) is 48.9 Å². The zero-order chi connectivity index (χ0) is 25.9. The number of amides is 1. The monoisotopic (exact) mass is 499 g/mol. The molecule has 37 heavy (non-hydrogen) atoms. The number of anilines is 1. The van der Waals surface area contributed by atoms with Gasteiger partial charge in [-0.15, -0.1) is 0 Å². The second kappa shape index (κ2) is 10.9. The van der Waals surface area contributed by atoms with Crippen molar-refractivity contribution in [3.05, 3.63) is 89.8 Å². The van der Waals surface area contributed by atoms with E-state index in [1.165, 1.54) is 5.56 Å². The molecule has 194 valence electrons. The maximum absolute atomic E-state index is 13.2. The molecule has 0 bridgehead atoms. The Hall–Kier alpha value is -3.51. The normalized spacial score (nSPS) is 21.9. The van der Waals surface area contributed by atoms with Crippen LogP contribution in [0.5, 0.6) is 5.75 Å². The second-order valence-corrected chi connectivity index (χ2v) is 10.4. The summed E-state index contributed by atoms with van der Waals surface area (Å²) >= 11 is 0. The van der Waals surface area contributed by atoms with Gasteiger partial charge in [-0.3, -0.25) is 4.79 Å². The van der Waals surface area contributed by atoms with E-state index in [0.29, 0.717) is 30.6 Å². The first-order valence-corrected chi connectivity index (χ1v) is 13.3. The quantitative estimate of drug-likeness (QED) is 0.377. The van der Waals surface area contributed by atoms with E-state index in [1.807, 2.05) is 42.2 Å². The Morgan fingerprint density at radius 3 is 2.70 bits per heavy atom. The summed E-state index contributed by atoms with van der Waals surface area (Å²) in [6.45, 7) is 11.6. The van der Waals surface area contributed by atoms with Crippen molar-refractivity contribution in [2.24, 2.45) is 17.7 Å². The van der Waals surface area contributed by atoms with E-state index < -0.39 is 0 Å². The van der Waals surface area contributed by atoms with Crippen LogP contribution in [0.2, 0.25) is 0 Å². The number of piperidine rings is 1. The number of hydrogen-bond acceptors (Lipinski definition) is 5. The molecule has 0 aromatic heterocycles. The number of hydrogen-bond donors (Lipinski definition) is 1. The fourth-order valence-corrected chi connectivity index (χ4v) is 6.14. The topological polar surface area (TPSA) is 68.0 Å². The molecule has 2 atom stereocenters. The molecule has 1 amide bonds. The summed E-state index contributed by atoms with van der Waals surface area (Å²) in [4.78, 5) is 22.7. The standard InChI is InChI=1S/C31H37N3O3/c1-4-15-36-20-22(3)33-13-11-23(12-14-33)25-18-30(35)34(19-25)26-8-5-7-24(17-26)28-16-21(2)27-9-6-10-29(37-32)31(27)28/h4-10,15-17,21,23,25H,3,11-14,18-20,32H2,1-2H3. The number of ether oxygens (including phenoxy) is 1. The number of nitrogens with two attached hydrogens (primary N) is 1. The fraction of sp³-hybridized carbons (Fsp3) is 0.387. The third-order valence-electron chi connectivity index (χ3n) is 8.12. The molecule has 0 radical (unpaired) electrons. The number of benzene rings is 2. The van der Waals surface area contributed by atoms with E-state index in [4.69, 9.17) is 15.5 Å². The fourth-order valence-electron chi connectivity index (χ4n) is 6.14. The minimum absolute atomic E-state index is 0.217. The molecule has 6 nitrogen and oxygen atoms in total. The average Bonchev–Trinajstić information content (AvgIpc) is 3.49. The van der Waals surface area contributed by atoms with Crippen molar-refractivity contribution in [2.45, 2.75) is 39.0 Å². The van der Waals surface area contributed by atoms with E-state index in [-0.39, 0.29) is 11.8 Å². The minimum atomic E-state index is 0.217. The molecule has 2 aliphatic heterocycles. The first-order valence-electron chi connectivity index (χ1n) is 13.3. The molecule has 3 aliphatic rings. The van der Waals surface area contributed by atoms with Crippen molar-refractivity contribution in [2.75, 3.05) is 31.1 Å². The Labute approximate surface area is 220 Å². The summed E-state index contributed by atoms with van der Waals surface area (Å²) in [6, 6.07) is 14.3. The number of likely N-dealkylation sites (tertiary alicyclic amines) is 1. The van der Waals surface area contributed by atoms with Crippen molar-refractivity contribution >= 4 is 17.2 Å². The largest absolute Gasteiger partial charge is 0.495 e. The lowest BCUT2D eigenvalue weighted by Crippen LogP contribution is -2.37. The molecule has 6 heteroatoms. The van der Waals surface area contributed by atoms with Gasteiger partial charge in [-0.05, 0) is 66.5 Å². The molecule has 5 rings (SSSR count). The maximum Gasteiger partial charge on any atom is 0.227 e. The molecule has 1 aliphatic carbocycles. The number of carbonyl (C=O) groups excluding carboxylic acids is 1. The zero-order valence-corrected chi connectivity index (χ0v) is 21.9. The predicted molar refractivity (Wildman–Crippen MR) is 148 cm³/mol. The van der Waals surface area contributed by atoms with Crippen LogP contribution in [-0.4, -0.2) is 37.0 Å². The van der Waals surface area contributed by atoms with Crippen LogP contribution in [0.1, 0.15) is 55.7 Å². The molecule has 2 aromatic carbocycles. The van der Waals surface area contributed by atoms with Gasteiger partial charge in [0.25, 0.3) is 0 Å². The summed E-state index contributed by atoms with van der Waals surface area (Å²) in [6.07, 6.45) is 8.63. The van der Waals surface area contributed by atoms with Gasteiger partial charge in [-0.1, -0.05) is 49.9 Å². The Morgan fingerprint density at radius 1 is 1.16 bits per heavy atom. The highest BCUT2D eigenvalue weighted by Gasteiger charge is 2.37. The lowest BCUT2D eigenvalue weighted by atomic mass is 9.83. The Morgan fingerprint density at radius 2 is 1.95 bits per heavy atom. The van der Waals surface area contributed by atoms with Crippen LogP contribution >= 0.6 is 0 Å². The van der Waals surface area contributed by atoms with Crippen LogP contribution in [0.15, 0.2) is 73.2 Å². The van der Waals surface area contributed by atoms with Crippen LogP contribution in [0.25, 0.3) is 5.57 Å². The average molecular weight is 500 g/mol. The molecule has 2 saturated heterocycles. The summed E-state index contributed by atoms with van der Waals surface area (Å²) in [5.74, 6) is 7.70. The summed E-state index contributed by atoms with van der Waals surface area (Å²) in [5, 5.41) is 0. The van der Waals surface area contributed by atoms with E-state index in [1.54, 1.807) is 6.26 Å². The van der Waals surface area contributed by atoms with Gasteiger partial charge in [0.1, 0.15) is 6.61 Å². The molecule has 0 saturated carbocycles. The molecular weight excluding hydrogens is 462 g/mol. The van der Waals surface area contributed by atoms with Gasteiger partial charge in [0.15, 0.2) is 5.75 Å². The summed E-state index contributed by atoms with van der Waals surface area (Å²) < 4.78 is 5.50. The maximum atomic E-state index is 13.2. The number of fused-ring (bicyclic) bond motifs is 1. The summed E-state index contributed by atoms with van der Waals surface area (Å²) in [5.41, 5.74) is 6.44. The van der Waals surface area contributed by atoms with Crippen LogP contribution in [-0.2, 0) is 9.53 Å². The van der Waals surface area contributed by atoms with E-state index in [9.17, 15) is 4.79 Å².